The Morgan fingerprint density at radius 1 is 1.04 bits per heavy atom. The van der Waals surface area contributed by atoms with Crippen LogP contribution in [-0.2, 0) is 4.74 Å². The first-order chi connectivity index (χ1) is 11.2. The average molecular weight is 333 g/mol. The molecule has 2 rings (SSSR count). The van der Waals surface area contributed by atoms with E-state index in [1.165, 1.54) is 0 Å². The number of nitrogens with zero attached hydrogens (tertiary/aromatic N) is 3. The standard InChI is InChI=1S/C18H27N3O3/c1-18(2,3)24-17(23)21-11-9-20(10-12-21)16(22)14-7-6-8-15(13-14)19(4)5/h6-8,13H,9-12H2,1-5H3. The van der Waals surface area contributed by atoms with Gasteiger partial charge in [0.2, 0.25) is 0 Å². The molecule has 0 unspecified atom stereocenters. The van der Waals surface area contributed by atoms with Crippen LogP contribution < -0.4 is 4.90 Å². The minimum absolute atomic E-state index is 0.00235. The Kier molecular flexibility index (Phi) is 5.36. The Hall–Kier alpha value is -2.24. The molecule has 1 aliphatic heterocycles. The van der Waals surface area contributed by atoms with Crippen LogP contribution in [0.5, 0.6) is 0 Å². The molecule has 1 fully saturated rings. The third-order valence-electron chi connectivity index (χ3n) is 3.83. The average Bonchev–Trinajstić information content (AvgIpc) is 2.53. The minimum Gasteiger partial charge on any atom is -0.444 e. The normalized spacial score (nSPS) is 15.2. The summed E-state index contributed by atoms with van der Waals surface area (Å²) in [5.74, 6) is 0.00235. The molecule has 0 N–H and O–H groups in total. The Labute approximate surface area is 144 Å². The van der Waals surface area contributed by atoms with Crippen molar-refractivity contribution in [3.05, 3.63) is 29.8 Å². The number of hydrogen-bond acceptors (Lipinski definition) is 4. The molecule has 0 radical (unpaired) electrons. The number of rotatable bonds is 2. The molecule has 2 amide bonds. The summed E-state index contributed by atoms with van der Waals surface area (Å²) in [6.45, 7) is 7.57. The van der Waals surface area contributed by atoms with Gasteiger partial charge in [-0.3, -0.25) is 4.79 Å². The fraction of sp³-hybridized carbons (Fsp3) is 0.556. The molecule has 1 aliphatic rings. The SMILES string of the molecule is CN(C)c1cccc(C(=O)N2CCN(C(=O)OC(C)(C)C)CC2)c1. The van der Waals surface area contributed by atoms with Crippen LogP contribution in [0.3, 0.4) is 0 Å². The van der Waals surface area contributed by atoms with Gasteiger partial charge in [-0.05, 0) is 39.0 Å². The lowest BCUT2D eigenvalue weighted by Gasteiger charge is -2.35. The van der Waals surface area contributed by atoms with Crippen molar-refractivity contribution >= 4 is 17.7 Å². The minimum atomic E-state index is -0.503. The second-order valence-electron chi connectivity index (χ2n) is 7.20. The van der Waals surface area contributed by atoms with E-state index in [0.717, 1.165) is 5.69 Å². The topological polar surface area (TPSA) is 53.1 Å². The fourth-order valence-electron chi connectivity index (χ4n) is 2.52. The van der Waals surface area contributed by atoms with E-state index in [9.17, 15) is 9.59 Å². The monoisotopic (exact) mass is 333 g/mol. The summed E-state index contributed by atoms with van der Waals surface area (Å²) in [7, 11) is 3.90. The molecule has 1 heterocycles. The molecule has 1 saturated heterocycles. The molecule has 0 aliphatic carbocycles. The van der Waals surface area contributed by atoms with Gasteiger partial charge in [0.25, 0.3) is 5.91 Å². The molecule has 0 aromatic heterocycles. The van der Waals surface area contributed by atoms with Crippen LogP contribution >= 0.6 is 0 Å². The molecule has 0 spiro atoms. The summed E-state index contributed by atoms with van der Waals surface area (Å²) in [6.07, 6.45) is -0.316. The highest BCUT2D eigenvalue weighted by Crippen LogP contribution is 2.17. The summed E-state index contributed by atoms with van der Waals surface area (Å²) in [6, 6.07) is 7.58. The zero-order valence-corrected chi connectivity index (χ0v) is 15.2. The summed E-state index contributed by atoms with van der Waals surface area (Å²) in [4.78, 5) is 30.1. The van der Waals surface area contributed by atoms with Gasteiger partial charge in [0, 0.05) is 51.5 Å². The van der Waals surface area contributed by atoms with E-state index in [-0.39, 0.29) is 12.0 Å². The summed E-state index contributed by atoms with van der Waals surface area (Å²) in [5, 5.41) is 0. The molecule has 6 nitrogen and oxygen atoms in total. The molecular weight excluding hydrogens is 306 g/mol. The van der Waals surface area contributed by atoms with Gasteiger partial charge < -0.3 is 19.4 Å². The van der Waals surface area contributed by atoms with Crippen molar-refractivity contribution in [3.63, 3.8) is 0 Å². The number of hydrogen-bond donors (Lipinski definition) is 0. The molecule has 1 aromatic carbocycles. The van der Waals surface area contributed by atoms with E-state index in [4.69, 9.17) is 4.74 Å². The van der Waals surface area contributed by atoms with E-state index in [2.05, 4.69) is 0 Å². The highest BCUT2D eigenvalue weighted by molar-refractivity contribution is 5.95. The van der Waals surface area contributed by atoms with Crippen LogP contribution in [0, 0.1) is 0 Å². The first-order valence-corrected chi connectivity index (χ1v) is 8.22. The smallest absolute Gasteiger partial charge is 0.410 e. The second kappa shape index (κ2) is 7.11. The zero-order chi connectivity index (χ0) is 17.9. The first kappa shape index (κ1) is 18.1. The maximum atomic E-state index is 12.7. The van der Waals surface area contributed by atoms with E-state index >= 15 is 0 Å². The van der Waals surface area contributed by atoms with Crippen molar-refractivity contribution in [1.82, 2.24) is 9.80 Å². The third kappa shape index (κ3) is 4.63. The summed E-state index contributed by atoms with van der Waals surface area (Å²) in [5.41, 5.74) is 1.16. The van der Waals surface area contributed by atoms with Gasteiger partial charge in [0.05, 0.1) is 0 Å². The second-order valence-corrected chi connectivity index (χ2v) is 7.20. The van der Waals surface area contributed by atoms with Gasteiger partial charge in [0.15, 0.2) is 0 Å². The Balaban J connectivity index is 1.96. The number of piperazine rings is 1. The molecule has 6 heteroatoms. The quantitative estimate of drug-likeness (QED) is 0.834. The molecule has 1 aromatic rings. The van der Waals surface area contributed by atoms with Crippen molar-refractivity contribution in [2.75, 3.05) is 45.2 Å². The predicted octanol–water partition coefficient (Wildman–Crippen LogP) is 2.45. The van der Waals surface area contributed by atoms with Gasteiger partial charge in [-0.2, -0.15) is 0 Å². The van der Waals surface area contributed by atoms with Crippen molar-refractivity contribution in [2.45, 2.75) is 26.4 Å². The van der Waals surface area contributed by atoms with Crippen molar-refractivity contribution in [3.8, 4) is 0 Å². The fourth-order valence-corrected chi connectivity index (χ4v) is 2.52. The maximum Gasteiger partial charge on any atom is 0.410 e. The van der Waals surface area contributed by atoms with E-state index < -0.39 is 5.60 Å². The number of benzene rings is 1. The number of anilines is 1. The van der Waals surface area contributed by atoms with Crippen LogP contribution in [0.25, 0.3) is 0 Å². The lowest BCUT2D eigenvalue weighted by Crippen LogP contribution is -2.51. The lowest BCUT2D eigenvalue weighted by molar-refractivity contribution is 0.0141. The Morgan fingerprint density at radius 3 is 2.17 bits per heavy atom. The van der Waals surface area contributed by atoms with Crippen LogP contribution in [0.1, 0.15) is 31.1 Å². The Bertz CT molecular complexity index is 600. The van der Waals surface area contributed by atoms with Gasteiger partial charge >= 0.3 is 6.09 Å². The highest BCUT2D eigenvalue weighted by Gasteiger charge is 2.28. The van der Waals surface area contributed by atoms with E-state index in [1.807, 2.05) is 64.0 Å². The van der Waals surface area contributed by atoms with Crippen molar-refractivity contribution < 1.29 is 14.3 Å². The van der Waals surface area contributed by atoms with Crippen LogP contribution in [0.2, 0.25) is 0 Å². The molecular formula is C18H27N3O3. The van der Waals surface area contributed by atoms with E-state index in [0.29, 0.717) is 31.7 Å². The molecule has 0 atom stereocenters. The van der Waals surface area contributed by atoms with Gasteiger partial charge in [-0.15, -0.1) is 0 Å². The maximum absolute atomic E-state index is 12.7. The molecule has 132 valence electrons. The summed E-state index contributed by atoms with van der Waals surface area (Å²) < 4.78 is 5.38. The number of amides is 2. The molecule has 0 bridgehead atoms. The van der Waals surface area contributed by atoms with Gasteiger partial charge in [-0.25, -0.2) is 4.79 Å². The number of carbonyl (C=O) groups excluding carboxylic acids is 2. The van der Waals surface area contributed by atoms with Crippen LogP contribution in [0.4, 0.5) is 10.5 Å². The zero-order valence-electron chi connectivity index (χ0n) is 15.2. The number of ether oxygens (including phenoxy) is 1. The van der Waals surface area contributed by atoms with Gasteiger partial charge in [0.1, 0.15) is 5.60 Å². The third-order valence-corrected chi connectivity index (χ3v) is 3.83. The van der Waals surface area contributed by atoms with Crippen molar-refractivity contribution in [2.24, 2.45) is 0 Å². The van der Waals surface area contributed by atoms with Crippen LogP contribution in [-0.4, -0.2) is 67.7 Å². The highest BCUT2D eigenvalue weighted by atomic mass is 16.6. The van der Waals surface area contributed by atoms with Gasteiger partial charge in [-0.1, -0.05) is 6.07 Å². The lowest BCUT2D eigenvalue weighted by atomic mass is 10.1. The largest absolute Gasteiger partial charge is 0.444 e. The first-order valence-electron chi connectivity index (χ1n) is 8.22. The Morgan fingerprint density at radius 2 is 1.62 bits per heavy atom. The molecule has 0 saturated carbocycles. The van der Waals surface area contributed by atoms with Crippen molar-refractivity contribution in [1.29, 1.82) is 0 Å². The number of carbonyl (C=O) groups is 2. The van der Waals surface area contributed by atoms with E-state index in [1.54, 1.807) is 9.80 Å². The summed E-state index contributed by atoms with van der Waals surface area (Å²) >= 11 is 0. The van der Waals surface area contributed by atoms with Crippen LogP contribution in [0.15, 0.2) is 24.3 Å². The predicted molar refractivity (Wildman–Crippen MR) is 94.5 cm³/mol. The molecule has 24 heavy (non-hydrogen) atoms.